The van der Waals surface area contributed by atoms with Crippen molar-refractivity contribution in [3.05, 3.63) is 66.1 Å². The van der Waals surface area contributed by atoms with Crippen molar-refractivity contribution in [3.8, 4) is 5.75 Å². The van der Waals surface area contributed by atoms with Gasteiger partial charge in [0, 0.05) is 29.8 Å². The maximum atomic E-state index is 13.8. The lowest BCUT2D eigenvalue weighted by molar-refractivity contribution is -0.115. The van der Waals surface area contributed by atoms with E-state index >= 15 is 0 Å². The predicted octanol–water partition coefficient (Wildman–Crippen LogP) is 4.03. The third-order valence-electron chi connectivity index (χ3n) is 6.06. The van der Waals surface area contributed by atoms with Crippen LogP contribution in [0.15, 0.2) is 48.8 Å². The van der Waals surface area contributed by atoms with Crippen LogP contribution in [0.3, 0.4) is 0 Å². The van der Waals surface area contributed by atoms with Gasteiger partial charge in [-0.2, -0.15) is 5.10 Å². The van der Waals surface area contributed by atoms with E-state index in [0.29, 0.717) is 41.7 Å². The van der Waals surface area contributed by atoms with E-state index in [9.17, 15) is 13.6 Å². The number of anilines is 3. The molecule has 0 aliphatic carbocycles. The molecule has 0 unspecified atom stereocenters. The Hall–Kier alpha value is -4.16. The number of aromatic amines is 1. The number of unbranched alkanes of at least 4 members (excludes halogenated alkanes) is 1. The fourth-order valence-electron chi connectivity index (χ4n) is 4.03. The molecule has 4 N–H and O–H groups in total. The van der Waals surface area contributed by atoms with Gasteiger partial charge in [0.1, 0.15) is 17.9 Å². The molecule has 4 rings (SSSR count). The average Bonchev–Trinajstić information content (AvgIpc) is 3.36. The molecule has 2 aromatic carbocycles. The van der Waals surface area contributed by atoms with Crippen LogP contribution in [0.4, 0.5) is 26.1 Å². The zero-order chi connectivity index (χ0) is 27.6. The van der Waals surface area contributed by atoms with Crippen LogP contribution in [-0.2, 0) is 11.2 Å². The second kappa shape index (κ2) is 13.6. The van der Waals surface area contributed by atoms with Gasteiger partial charge in [-0.1, -0.05) is 13.0 Å². The van der Waals surface area contributed by atoms with Gasteiger partial charge in [0.2, 0.25) is 5.91 Å². The Kier molecular flexibility index (Phi) is 9.70. The molecule has 2 heterocycles. The fourth-order valence-corrected chi connectivity index (χ4v) is 4.03. The zero-order valence-electron chi connectivity index (χ0n) is 21.6. The molecule has 0 bridgehead atoms. The summed E-state index contributed by atoms with van der Waals surface area (Å²) in [5.74, 6) is -1.01. The summed E-state index contributed by atoms with van der Waals surface area (Å²) in [5.41, 5.74) is 0.937. The Bertz CT molecular complexity index is 1400. The molecule has 1 amide bonds. The first-order valence-corrected chi connectivity index (χ1v) is 12.7. The first kappa shape index (κ1) is 27.9. The number of hydrogen-bond donors (Lipinski definition) is 4. The van der Waals surface area contributed by atoms with E-state index < -0.39 is 17.5 Å². The van der Waals surface area contributed by atoms with Crippen LogP contribution in [0.25, 0.3) is 10.9 Å². The SMILES string of the molecule is CCN(CCO)CCCCOc1ccc2c(Nc3cc(CC(=O)Nc4cccc(F)c4F)[nH]n3)ncnc2c1. The molecule has 0 saturated heterocycles. The number of rotatable bonds is 14. The number of halogens is 2. The number of ether oxygens (including phenoxy) is 1. The third-order valence-corrected chi connectivity index (χ3v) is 6.06. The van der Waals surface area contributed by atoms with Crippen LogP contribution in [0.2, 0.25) is 0 Å². The predicted molar refractivity (Wildman–Crippen MR) is 144 cm³/mol. The van der Waals surface area contributed by atoms with Gasteiger partial charge in [-0.3, -0.25) is 9.89 Å². The Labute approximate surface area is 224 Å². The molecule has 0 atom stereocenters. The van der Waals surface area contributed by atoms with Gasteiger partial charge in [-0.05, 0) is 50.2 Å². The number of fused-ring (bicyclic) bond motifs is 1. The lowest BCUT2D eigenvalue weighted by atomic mass is 10.2. The van der Waals surface area contributed by atoms with Crippen molar-refractivity contribution < 1.29 is 23.4 Å². The zero-order valence-corrected chi connectivity index (χ0v) is 21.6. The summed E-state index contributed by atoms with van der Waals surface area (Å²) in [6.45, 7) is 5.34. The number of nitrogens with zero attached hydrogens (tertiary/aromatic N) is 4. The van der Waals surface area contributed by atoms with E-state index in [1.807, 2.05) is 18.2 Å². The summed E-state index contributed by atoms with van der Waals surface area (Å²) >= 11 is 0. The smallest absolute Gasteiger partial charge is 0.230 e. The number of aromatic nitrogens is 4. The Morgan fingerprint density at radius 3 is 2.82 bits per heavy atom. The van der Waals surface area contributed by atoms with Crippen LogP contribution in [0.1, 0.15) is 25.5 Å². The molecule has 0 fully saturated rings. The summed E-state index contributed by atoms with van der Waals surface area (Å²) in [6.07, 6.45) is 3.19. The highest BCUT2D eigenvalue weighted by atomic mass is 19.2. The van der Waals surface area contributed by atoms with Crippen molar-refractivity contribution in [1.82, 2.24) is 25.1 Å². The van der Waals surface area contributed by atoms with Gasteiger partial charge in [-0.15, -0.1) is 0 Å². The number of amides is 1. The molecule has 0 aliphatic heterocycles. The summed E-state index contributed by atoms with van der Waals surface area (Å²) in [6, 6.07) is 10.8. The second-order valence-corrected chi connectivity index (χ2v) is 8.84. The minimum Gasteiger partial charge on any atom is -0.494 e. The van der Waals surface area contributed by atoms with Gasteiger partial charge >= 0.3 is 0 Å². The van der Waals surface area contributed by atoms with E-state index in [1.54, 1.807) is 6.07 Å². The second-order valence-electron chi connectivity index (χ2n) is 8.84. The maximum Gasteiger partial charge on any atom is 0.230 e. The monoisotopic (exact) mass is 539 g/mol. The summed E-state index contributed by atoms with van der Waals surface area (Å²) in [5, 5.41) is 22.2. The molecule has 206 valence electrons. The van der Waals surface area contributed by atoms with E-state index in [1.165, 1.54) is 18.5 Å². The molecular formula is C27H31F2N7O3. The summed E-state index contributed by atoms with van der Waals surface area (Å²) in [4.78, 5) is 23.1. The average molecular weight is 540 g/mol. The van der Waals surface area contributed by atoms with Gasteiger partial charge in [-0.25, -0.2) is 18.7 Å². The van der Waals surface area contributed by atoms with Crippen molar-refractivity contribution in [2.45, 2.75) is 26.2 Å². The normalized spacial score (nSPS) is 11.2. The van der Waals surface area contributed by atoms with Crippen molar-refractivity contribution in [2.75, 3.05) is 43.5 Å². The summed E-state index contributed by atoms with van der Waals surface area (Å²) in [7, 11) is 0. The molecule has 39 heavy (non-hydrogen) atoms. The molecule has 0 aliphatic rings. The van der Waals surface area contributed by atoms with Gasteiger partial charge in [0.25, 0.3) is 0 Å². The van der Waals surface area contributed by atoms with Gasteiger partial charge < -0.3 is 25.4 Å². The molecule has 2 aromatic heterocycles. The largest absolute Gasteiger partial charge is 0.494 e. The van der Waals surface area contributed by atoms with E-state index in [0.717, 1.165) is 37.4 Å². The first-order chi connectivity index (χ1) is 19.0. The molecule has 0 radical (unpaired) electrons. The van der Waals surface area contributed by atoms with Crippen molar-refractivity contribution in [3.63, 3.8) is 0 Å². The molecule has 0 spiro atoms. The third kappa shape index (κ3) is 7.68. The van der Waals surface area contributed by atoms with Crippen molar-refractivity contribution in [2.24, 2.45) is 0 Å². The highest BCUT2D eigenvalue weighted by Gasteiger charge is 2.13. The number of nitrogens with one attached hydrogen (secondary N) is 3. The van der Waals surface area contributed by atoms with Crippen molar-refractivity contribution >= 4 is 34.1 Å². The fraction of sp³-hybridized carbons (Fsp3) is 0.333. The number of carbonyl (C=O) groups is 1. The number of benzene rings is 2. The number of H-pyrrole nitrogens is 1. The number of carbonyl (C=O) groups excluding carboxylic acids is 1. The van der Waals surface area contributed by atoms with Gasteiger partial charge in [0.05, 0.1) is 30.8 Å². The van der Waals surface area contributed by atoms with Gasteiger partial charge in [0.15, 0.2) is 17.5 Å². The molecule has 10 nitrogen and oxygen atoms in total. The van der Waals surface area contributed by atoms with E-state index in [-0.39, 0.29) is 18.7 Å². The lowest BCUT2D eigenvalue weighted by Crippen LogP contribution is -2.27. The molecule has 0 saturated carbocycles. The van der Waals surface area contributed by atoms with E-state index in [4.69, 9.17) is 9.84 Å². The Morgan fingerprint density at radius 1 is 1.13 bits per heavy atom. The highest BCUT2D eigenvalue weighted by Crippen LogP contribution is 2.26. The summed E-state index contributed by atoms with van der Waals surface area (Å²) < 4.78 is 33.1. The standard InChI is InChI=1S/C27H31F2N7O3/c1-2-36(11-12-37)10-3-4-13-39-19-8-9-20-23(16-19)30-17-31-27(20)33-24-14-18(34-35-24)15-25(38)32-22-7-5-6-21(28)26(22)29/h5-9,14,16-17,37H,2-4,10-13,15H2,1H3,(H,32,38)(H2,30,31,33,34,35). The topological polar surface area (TPSA) is 128 Å². The van der Waals surface area contributed by atoms with Crippen LogP contribution in [0.5, 0.6) is 5.75 Å². The quantitative estimate of drug-likeness (QED) is 0.177. The van der Waals surface area contributed by atoms with E-state index in [2.05, 4.69) is 42.6 Å². The van der Waals surface area contributed by atoms with Crippen LogP contribution >= 0.6 is 0 Å². The minimum absolute atomic E-state index is 0.117. The Balaban J connectivity index is 1.32. The van der Waals surface area contributed by atoms with Crippen LogP contribution < -0.4 is 15.4 Å². The highest BCUT2D eigenvalue weighted by molar-refractivity contribution is 5.93. The molecule has 4 aromatic rings. The lowest BCUT2D eigenvalue weighted by Gasteiger charge is -2.18. The van der Waals surface area contributed by atoms with Crippen molar-refractivity contribution in [1.29, 1.82) is 0 Å². The molecule has 12 heteroatoms. The molecular weight excluding hydrogens is 508 g/mol. The maximum absolute atomic E-state index is 13.8. The number of hydrogen-bond acceptors (Lipinski definition) is 8. The number of aliphatic hydroxyl groups excluding tert-OH is 1. The number of aliphatic hydroxyl groups is 1. The minimum atomic E-state index is -1.11. The Morgan fingerprint density at radius 2 is 2.00 bits per heavy atom. The number of likely N-dealkylation sites (N-methyl/N-ethyl adjacent to an activating group) is 1. The van der Waals surface area contributed by atoms with Crippen LogP contribution in [-0.4, -0.2) is 68.9 Å². The van der Waals surface area contributed by atoms with Crippen LogP contribution in [0, 0.1) is 11.6 Å². The first-order valence-electron chi connectivity index (χ1n) is 12.7.